The predicted molar refractivity (Wildman–Crippen MR) is 88.7 cm³/mol. The number of sulfonamides is 1. The first kappa shape index (κ1) is 17.7. The van der Waals surface area contributed by atoms with Crippen molar-refractivity contribution < 1.29 is 26.1 Å². The summed E-state index contributed by atoms with van der Waals surface area (Å²) in [5.74, 6) is -0.312. The Bertz CT molecular complexity index is 1060. The zero-order chi connectivity index (χ0) is 18.4. The Labute approximate surface area is 149 Å². The largest absolute Gasteiger partial charge is 0.416 e. The average molecular weight is 435 g/mol. The maximum Gasteiger partial charge on any atom is 0.416 e. The van der Waals surface area contributed by atoms with Crippen LogP contribution in [0.15, 0.2) is 50.3 Å². The number of aryl methyl sites for hydroxylation is 1. The van der Waals surface area contributed by atoms with Crippen molar-refractivity contribution in [1.29, 1.82) is 0 Å². The molecule has 0 radical (unpaired) electrons. The van der Waals surface area contributed by atoms with E-state index in [-0.39, 0.29) is 21.7 Å². The number of aromatic nitrogens is 1. The first-order valence-electron chi connectivity index (χ1n) is 6.83. The van der Waals surface area contributed by atoms with Crippen LogP contribution in [-0.4, -0.2) is 13.6 Å². The number of fused-ring (bicyclic) bond motifs is 1. The summed E-state index contributed by atoms with van der Waals surface area (Å²) in [5, 5.41) is 3.45. The summed E-state index contributed by atoms with van der Waals surface area (Å²) >= 11 is 3.16. The van der Waals surface area contributed by atoms with Crippen molar-refractivity contribution in [2.75, 3.05) is 4.72 Å². The number of rotatable bonds is 3. The van der Waals surface area contributed by atoms with E-state index in [1.165, 1.54) is 6.07 Å². The fourth-order valence-electron chi connectivity index (χ4n) is 2.19. The zero-order valence-electron chi connectivity index (χ0n) is 12.6. The highest BCUT2D eigenvalue weighted by atomic mass is 79.9. The van der Waals surface area contributed by atoms with Crippen LogP contribution in [0.5, 0.6) is 0 Å². The zero-order valence-corrected chi connectivity index (χ0v) is 15.0. The Balaban J connectivity index is 2.05. The highest BCUT2D eigenvalue weighted by molar-refractivity contribution is 9.10. The molecule has 132 valence electrons. The van der Waals surface area contributed by atoms with Crippen LogP contribution in [0.1, 0.15) is 11.1 Å². The normalized spacial score (nSPS) is 12.5. The van der Waals surface area contributed by atoms with Gasteiger partial charge < -0.3 is 4.52 Å². The standard InChI is InChI=1S/C15H10BrF3N2O3S/c1-8-2-5-13(11(16)6-8)25(22,23)21-14-10-7-9(15(17,18)19)3-4-12(10)24-20-14/h2-7H,1H3,(H,20,21). The van der Waals surface area contributed by atoms with Gasteiger partial charge in [-0.25, -0.2) is 8.42 Å². The third kappa shape index (κ3) is 3.49. The quantitative estimate of drug-likeness (QED) is 0.647. The van der Waals surface area contributed by atoms with Gasteiger partial charge in [0.1, 0.15) is 4.90 Å². The lowest BCUT2D eigenvalue weighted by Crippen LogP contribution is -2.14. The SMILES string of the molecule is Cc1ccc(S(=O)(=O)Nc2noc3ccc(C(F)(F)F)cc23)c(Br)c1. The molecule has 0 aliphatic heterocycles. The van der Waals surface area contributed by atoms with Gasteiger partial charge in [-0.2, -0.15) is 13.2 Å². The Morgan fingerprint density at radius 2 is 1.88 bits per heavy atom. The van der Waals surface area contributed by atoms with Crippen molar-refractivity contribution in [3.63, 3.8) is 0 Å². The van der Waals surface area contributed by atoms with E-state index in [0.29, 0.717) is 4.47 Å². The molecule has 0 bridgehead atoms. The molecule has 0 amide bonds. The van der Waals surface area contributed by atoms with Gasteiger partial charge in [-0.15, -0.1) is 0 Å². The Hall–Kier alpha value is -2.07. The van der Waals surface area contributed by atoms with E-state index >= 15 is 0 Å². The number of nitrogens with one attached hydrogen (secondary N) is 1. The second-order valence-corrected chi connectivity index (χ2v) is 7.78. The molecule has 0 spiro atoms. The molecule has 10 heteroatoms. The smallest absolute Gasteiger partial charge is 0.354 e. The van der Waals surface area contributed by atoms with Crippen molar-refractivity contribution >= 4 is 42.7 Å². The molecule has 25 heavy (non-hydrogen) atoms. The molecule has 0 atom stereocenters. The molecule has 3 aromatic rings. The van der Waals surface area contributed by atoms with E-state index in [1.54, 1.807) is 19.1 Å². The van der Waals surface area contributed by atoms with Crippen LogP contribution in [-0.2, 0) is 16.2 Å². The summed E-state index contributed by atoms with van der Waals surface area (Å²) in [7, 11) is -4.07. The van der Waals surface area contributed by atoms with Crippen LogP contribution in [0.4, 0.5) is 19.0 Å². The maximum atomic E-state index is 12.9. The summed E-state index contributed by atoms with van der Waals surface area (Å²) in [6.45, 7) is 1.79. The van der Waals surface area contributed by atoms with Crippen LogP contribution in [0.2, 0.25) is 0 Å². The number of halogens is 4. The molecule has 0 aliphatic carbocycles. The minimum absolute atomic E-state index is 0.0358. The van der Waals surface area contributed by atoms with E-state index in [1.807, 2.05) is 0 Å². The first-order chi connectivity index (χ1) is 11.6. The molecule has 0 aliphatic rings. The lowest BCUT2D eigenvalue weighted by atomic mass is 10.1. The minimum Gasteiger partial charge on any atom is -0.354 e. The van der Waals surface area contributed by atoms with Crippen LogP contribution in [0.25, 0.3) is 11.0 Å². The van der Waals surface area contributed by atoms with Crippen LogP contribution in [0.3, 0.4) is 0 Å². The molecule has 1 heterocycles. The molecule has 5 nitrogen and oxygen atoms in total. The number of anilines is 1. The molecular weight excluding hydrogens is 425 g/mol. The van der Waals surface area contributed by atoms with Gasteiger partial charge in [0.05, 0.1) is 10.9 Å². The number of benzene rings is 2. The number of hydrogen-bond acceptors (Lipinski definition) is 4. The highest BCUT2D eigenvalue weighted by Crippen LogP contribution is 2.34. The molecule has 3 rings (SSSR count). The lowest BCUT2D eigenvalue weighted by Gasteiger charge is -2.09. The molecule has 0 unspecified atom stereocenters. The van der Waals surface area contributed by atoms with Gasteiger partial charge in [-0.1, -0.05) is 11.2 Å². The monoisotopic (exact) mass is 434 g/mol. The maximum absolute atomic E-state index is 12.9. The molecule has 1 aromatic heterocycles. The third-order valence-corrected chi connectivity index (χ3v) is 5.72. The van der Waals surface area contributed by atoms with E-state index in [4.69, 9.17) is 4.52 Å². The third-order valence-electron chi connectivity index (χ3n) is 3.41. The summed E-state index contributed by atoms with van der Waals surface area (Å²) in [6, 6.07) is 7.30. The number of hydrogen-bond donors (Lipinski definition) is 1. The molecule has 0 fully saturated rings. The Morgan fingerprint density at radius 1 is 1.16 bits per heavy atom. The van der Waals surface area contributed by atoms with Crippen LogP contribution < -0.4 is 4.72 Å². The molecule has 1 N–H and O–H groups in total. The predicted octanol–water partition coefficient (Wildman–Crippen LogP) is 4.72. The van der Waals surface area contributed by atoms with Gasteiger partial charge in [0, 0.05) is 4.47 Å². The molecular formula is C15H10BrF3N2O3S. The highest BCUT2D eigenvalue weighted by Gasteiger charge is 2.31. The molecule has 2 aromatic carbocycles. The van der Waals surface area contributed by atoms with Gasteiger partial charge in [0.2, 0.25) is 0 Å². The Morgan fingerprint density at radius 3 is 2.52 bits per heavy atom. The van der Waals surface area contributed by atoms with Crippen molar-refractivity contribution in [3.8, 4) is 0 Å². The fraction of sp³-hybridized carbons (Fsp3) is 0.133. The summed E-state index contributed by atoms with van der Waals surface area (Å²) in [6.07, 6.45) is -4.57. The van der Waals surface area contributed by atoms with E-state index < -0.39 is 21.8 Å². The summed E-state index contributed by atoms with van der Waals surface area (Å²) in [4.78, 5) is -0.0683. The molecule has 0 saturated carbocycles. The van der Waals surface area contributed by atoms with Crippen molar-refractivity contribution in [1.82, 2.24) is 5.16 Å². The topological polar surface area (TPSA) is 72.2 Å². The fourth-order valence-corrected chi connectivity index (χ4v) is 4.40. The second kappa shape index (κ2) is 6.03. The average Bonchev–Trinajstić information content (AvgIpc) is 2.87. The van der Waals surface area contributed by atoms with Crippen LogP contribution in [0, 0.1) is 6.92 Å². The van der Waals surface area contributed by atoms with Gasteiger partial charge in [0.15, 0.2) is 11.4 Å². The minimum atomic E-state index is -4.57. The van der Waals surface area contributed by atoms with Gasteiger partial charge in [-0.3, -0.25) is 4.72 Å². The number of alkyl halides is 3. The van der Waals surface area contributed by atoms with Crippen molar-refractivity contribution in [2.24, 2.45) is 0 Å². The van der Waals surface area contributed by atoms with Gasteiger partial charge in [-0.05, 0) is 58.7 Å². The van der Waals surface area contributed by atoms with E-state index in [9.17, 15) is 21.6 Å². The van der Waals surface area contributed by atoms with Gasteiger partial charge in [0.25, 0.3) is 10.0 Å². The molecule has 0 saturated heterocycles. The lowest BCUT2D eigenvalue weighted by molar-refractivity contribution is -0.137. The number of nitrogens with zero attached hydrogens (tertiary/aromatic N) is 1. The van der Waals surface area contributed by atoms with E-state index in [0.717, 1.165) is 23.8 Å². The summed E-state index contributed by atoms with van der Waals surface area (Å²) < 4.78 is 71.0. The van der Waals surface area contributed by atoms with Crippen LogP contribution >= 0.6 is 15.9 Å². The summed E-state index contributed by atoms with van der Waals surface area (Å²) in [5.41, 5.74) is -0.0543. The van der Waals surface area contributed by atoms with Crippen molar-refractivity contribution in [2.45, 2.75) is 18.0 Å². The van der Waals surface area contributed by atoms with Crippen molar-refractivity contribution in [3.05, 3.63) is 52.0 Å². The second-order valence-electron chi connectivity index (χ2n) is 5.28. The van der Waals surface area contributed by atoms with Gasteiger partial charge >= 0.3 is 6.18 Å². The Kier molecular flexibility index (Phi) is 4.28. The van der Waals surface area contributed by atoms with E-state index in [2.05, 4.69) is 25.8 Å². The first-order valence-corrected chi connectivity index (χ1v) is 9.11.